The van der Waals surface area contributed by atoms with E-state index in [1.54, 1.807) is 0 Å². The van der Waals surface area contributed by atoms with Crippen LogP contribution in [-0.2, 0) is 4.74 Å². The molecule has 2 rings (SSSR count). The first kappa shape index (κ1) is 12.6. The van der Waals surface area contributed by atoms with E-state index in [1.807, 2.05) is 31.3 Å². The number of fused-ring (bicyclic) bond motifs is 1. The van der Waals surface area contributed by atoms with E-state index in [0.717, 1.165) is 42.5 Å². The molecule has 0 unspecified atom stereocenters. The van der Waals surface area contributed by atoms with Gasteiger partial charge in [-0.05, 0) is 25.5 Å². The molecule has 2 nitrogen and oxygen atoms in total. The van der Waals surface area contributed by atoms with Gasteiger partial charge in [0.05, 0.1) is 5.52 Å². The predicted octanol–water partition coefficient (Wildman–Crippen LogP) is 3.40. The lowest BCUT2D eigenvalue weighted by Crippen LogP contribution is -1.91. The van der Waals surface area contributed by atoms with E-state index in [-0.39, 0.29) is 0 Å². The monoisotopic (exact) mass is 239 g/mol. The van der Waals surface area contributed by atoms with Crippen LogP contribution < -0.4 is 0 Å². The van der Waals surface area contributed by atoms with E-state index in [2.05, 4.69) is 29.0 Å². The molecule has 0 fully saturated rings. The molecule has 0 amide bonds. The lowest BCUT2D eigenvalue weighted by atomic mass is 10.1. The maximum Gasteiger partial charge on any atom is 0.0702 e. The highest BCUT2D eigenvalue weighted by molar-refractivity contribution is 5.79. The molecule has 2 heteroatoms. The van der Waals surface area contributed by atoms with Crippen LogP contribution in [-0.4, -0.2) is 18.2 Å². The zero-order valence-corrected chi connectivity index (χ0v) is 10.6. The van der Waals surface area contributed by atoms with E-state index in [9.17, 15) is 0 Å². The Morgan fingerprint density at radius 2 is 2.17 bits per heavy atom. The smallest absolute Gasteiger partial charge is 0.0702 e. The molecular formula is C16H17NO. The summed E-state index contributed by atoms with van der Waals surface area (Å²) < 4.78 is 5.26. The molecule has 0 bridgehead atoms. The molecule has 0 aliphatic heterocycles. The topological polar surface area (TPSA) is 22.1 Å². The highest BCUT2D eigenvalue weighted by Crippen LogP contribution is 2.11. The number of pyridine rings is 1. The fourth-order valence-electron chi connectivity index (χ4n) is 1.71. The number of hydrogen-bond donors (Lipinski definition) is 0. The zero-order chi connectivity index (χ0) is 12.6. The SMILES string of the molecule is CCOCCCC#Cc1cnc2ccccc2c1. The molecule has 0 spiro atoms. The van der Waals surface area contributed by atoms with Crippen LogP contribution >= 0.6 is 0 Å². The number of nitrogens with zero attached hydrogens (tertiary/aromatic N) is 1. The van der Waals surface area contributed by atoms with Crippen molar-refractivity contribution in [1.29, 1.82) is 0 Å². The Kier molecular flexibility index (Phi) is 4.75. The van der Waals surface area contributed by atoms with Crippen LogP contribution in [0.2, 0.25) is 0 Å². The van der Waals surface area contributed by atoms with E-state index < -0.39 is 0 Å². The highest BCUT2D eigenvalue weighted by atomic mass is 16.5. The molecule has 1 aromatic carbocycles. The minimum atomic E-state index is 0.780. The summed E-state index contributed by atoms with van der Waals surface area (Å²) >= 11 is 0. The Morgan fingerprint density at radius 3 is 3.06 bits per heavy atom. The summed E-state index contributed by atoms with van der Waals surface area (Å²) in [6.45, 7) is 3.58. The van der Waals surface area contributed by atoms with Crippen LogP contribution in [0.25, 0.3) is 10.9 Å². The van der Waals surface area contributed by atoms with Gasteiger partial charge in [-0.25, -0.2) is 0 Å². The second-order valence-electron chi connectivity index (χ2n) is 4.02. The molecule has 0 saturated heterocycles. The summed E-state index contributed by atoms with van der Waals surface area (Å²) in [5.74, 6) is 6.30. The van der Waals surface area contributed by atoms with Gasteiger partial charge in [-0.2, -0.15) is 0 Å². The summed E-state index contributed by atoms with van der Waals surface area (Å²) in [5, 5.41) is 1.14. The van der Waals surface area contributed by atoms with Crippen molar-refractivity contribution in [3.63, 3.8) is 0 Å². The van der Waals surface area contributed by atoms with Crippen LogP contribution in [0.1, 0.15) is 25.3 Å². The average molecular weight is 239 g/mol. The van der Waals surface area contributed by atoms with Crippen LogP contribution in [0.4, 0.5) is 0 Å². The zero-order valence-electron chi connectivity index (χ0n) is 10.6. The van der Waals surface area contributed by atoms with Crippen molar-refractivity contribution in [3.05, 3.63) is 42.1 Å². The van der Waals surface area contributed by atoms with E-state index in [4.69, 9.17) is 4.74 Å². The number of unbranched alkanes of at least 4 members (excludes halogenated alkanes) is 1. The Hall–Kier alpha value is -1.85. The first-order valence-corrected chi connectivity index (χ1v) is 6.31. The van der Waals surface area contributed by atoms with Gasteiger partial charge >= 0.3 is 0 Å². The quantitative estimate of drug-likeness (QED) is 0.602. The van der Waals surface area contributed by atoms with E-state index in [0.29, 0.717) is 0 Å². The normalized spacial score (nSPS) is 10.1. The fraction of sp³-hybridized carbons (Fsp3) is 0.312. The molecule has 18 heavy (non-hydrogen) atoms. The molecule has 1 heterocycles. The van der Waals surface area contributed by atoms with Gasteiger partial charge < -0.3 is 4.74 Å². The summed E-state index contributed by atoms with van der Waals surface area (Å²) in [6, 6.07) is 10.2. The van der Waals surface area contributed by atoms with Gasteiger partial charge in [-0.15, -0.1) is 0 Å². The average Bonchev–Trinajstić information content (AvgIpc) is 2.42. The molecule has 92 valence electrons. The molecule has 0 aliphatic rings. The maximum atomic E-state index is 5.26. The van der Waals surface area contributed by atoms with Crippen molar-refractivity contribution >= 4 is 10.9 Å². The van der Waals surface area contributed by atoms with Crippen LogP contribution in [0, 0.1) is 11.8 Å². The second-order valence-corrected chi connectivity index (χ2v) is 4.02. The number of rotatable bonds is 4. The van der Waals surface area contributed by atoms with E-state index >= 15 is 0 Å². The maximum absolute atomic E-state index is 5.26. The summed E-state index contributed by atoms with van der Waals surface area (Å²) in [5.41, 5.74) is 1.99. The molecule has 0 radical (unpaired) electrons. The summed E-state index contributed by atoms with van der Waals surface area (Å²) in [6.07, 6.45) is 3.69. The minimum Gasteiger partial charge on any atom is -0.382 e. The first-order chi connectivity index (χ1) is 8.90. The third-order valence-corrected chi connectivity index (χ3v) is 2.62. The van der Waals surface area contributed by atoms with Crippen molar-refractivity contribution in [2.75, 3.05) is 13.2 Å². The van der Waals surface area contributed by atoms with Gasteiger partial charge in [0.15, 0.2) is 0 Å². The predicted molar refractivity (Wildman–Crippen MR) is 74.3 cm³/mol. The van der Waals surface area contributed by atoms with E-state index in [1.165, 1.54) is 0 Å². The second kappa shape index (κ2) is 6.78. The Labute approximate surface area is 108 Å². The molecule has 0 N–H and O–H groups in total. The fourth-order valence-corrected chi connectivity index (χ4v) is 1.71. The number of para-hydroxylation sites is 1. The van der Waals surface area contributed by atoms with Gasteiger partial charge in [0.2, 0.25) is 0 Å². The Bertz CT molecular complexity index is 566. The Morgan fingerprint density at radius 1 is 1.28 bits per heavy atom. The lowest BCUT2D eigenvalue weighted by molar-refractivity contribution is 0.146. The van der Waals surface area contributed by atoms with Gasteiger partial charge in [-0.1, -0.05) is 30.0 Å². The largest absolute Gasteiger partial charge is 0.382 e. The summed E-state index contributed by atoms with van der Waals surface area (Å²) in [4.78, 5) is 4.38. The van der Waals surface area contributed by atoms with Crippen LogP contribution in [0.3, 0.4) is 0 Å². The number of ether oxygens (including phenoxy) is 1. The van der Waals surface area contributed by atoms with Gasteiger partial charge in [0.1, 0.15) is 0 Å². The van der Waals surface area contributed by atoms with Crippen LogP contribution in [0.15, 0.2) is 36.5 Å². The third-order valence-electron chi connectivity index (χ3n) is 2.62. The van der Waals surface area contributed by atoms with Crippen molar-refractivity contribution in [1.82, 2.24) is 4.98 Å². The summed E-state index contributed by atoms with van der Waals surface area (Å²) in [7, 11) is 0. The standard InChI is InChI=1S/C16H17NO/c1-2-18-11-7-3-4-8-14-12-15-9-5-6-10-16(15)17-13-14/h5-6,9-10,12-13H,2-3,7,11H2,1H3. The van der Waals surface area contributed by atoms with Crippen molar-refractivity contribution < 1.29 is 4.74 Å². The van der Waals surface area contributed by atoms with Gasteiger partial charge in [0, 0.05) is 36.8 Å². The van der Waals surface area contributed by atoms with Gasteiger partial charge in [-0.3, -0.25) is 4.98 Å². The molecule has 1 aromatic heterocycles. The minimum absolute atomic E-state index is 0.780. The highest BCUT2D eigenvalue weighted by Gasteiger charge is 1.93. The Balaban J connectivity index is 1.97. The van der Waals surface area contributed by atoms with Crippen LogP contribution in [0.5, 0.6) is 0 Å². The molecule has 2 aromatic rings. The molecule has 0 atom stereocenters. The number of benzene rings is 1. The molecule has 0 aliphatic carbocycles. The molecular weight excluding hydrogens is 222 g/mol. The number of aromatic nitrogens is 1. The molecule has 0 saturated carbocycles. The van der Waals surface area contributed by atoms with Crippen molar-refractivity contribution in [2.24, 2.45) is 0 Å². The van der Waals surface area contributed by atoms with Crippen molar-refractivity contribution in [2.45, 2.75) is 19.8 Å². The first-order valence-electron chi connectivity index (χ1n) is 6.31. The number of hydrogen-bond acceptors (Lipinski definition) is 2. The van der Waals surface area contributed by atoms with Crippen molar-refractivity contribution in [3.8, 4) is 11.8 Å². The third kappa shape index (κ3) is 3.58. The van der Waals surface area contributed by atoms with Gasteiger partial charge in [0.25, 0.3) is 0 Å². The lowest BCUT2D eigenvalue weighted by Gasteiger charge is -1.97.